The average molecular weight is 523 g/mol. The van der Waals surface area contributed by atoms with E-state index >= 15 is 0 Å². The van der Waals surface area contributed by atoms with Gasteiger partial charge in [-0.1, -0.05) is 36.4 Å². The molecule has 2 amide bonds. The number of aromatic amines is 1. The molecular weight excluding hydrogens is 492 g/mol. The van der Waals surface area contributed by atoms with Crippen molar-refractivity contribution < 1.29 is 19.1 Å². The summed E-state index contributed by atoms with van der Waals surface area (Å²) in [5.74, 6) is 1.25. The number of anilines is 1. The van der Waals surface area contributed by atoms with Gasteiger partial charge in [-0.25, -0.2) is 0 Å². The van der Waals surface area contributed by atoms with Crippen LogP contribution in [-0.2, 0) is 22.6 Å². The molecule has 3 atom stereocenters. The summed E-state index contributed by atoms with van der Waals surface area (Å²) in [4.78, 5) is 37.5. The molecule has 0 spiro atoms. The molecule has 1 unspecified atom stereocenters. The minimum atomic E-state index is -0.600. The number of benzene rings is 3. The van der Waals surface area contributed by atoms with E-state index in [0.717, 1.165) is 39.0 Å². The molecule has 4 heterocycles. The SMILES string of the molecule is CC1C(=O)N2[C@H](c3ccc4c(c3)OCO4)c3[nH]c4ccccc4c3C[C@@H]2C(=O)N1Cc1ccc(N(C)C)cc1. The third kappa shape index (κ3) is 3.66. The van der Waals surface area contributed by atoms with Crippen molar-refractivity contribution in [2.24, 2.45) is 0 Å². The number of carbonyl (C=O) groups is 2. The summed E-state index contributed by atoms with van der Waals surface area (Å²) in [6, 6.07) is 20.4. The minimum absolute atomic E-state index is 0.0274. The van der Waals surface area contributed by atoms with E-state index in [1.807, 2.05) is 86.6 Å². The Morgan fingerprint density at radius 1 is 0.949 bits per heavy atom. The van der Waals surface area contributed by atoms with Crippen LogP contribution in [0.3, 0.4) is 0 Å². The first kappa shape index (κ1) is 23.6. The first-order valence-corrected chi connectivity index (χ1v) is 13.3. The predicted molar refractivity (Wildman–Crippen MR) is 148 cm³/mol. The summed E-state index contributed by atoms with van der Waals surface area (Å²) in [5.41, 5.74) is 6.01. The largest absolute Gasteiger partial charge is 0.454 e. The van der Waals surface area contributed by atoms with Gasteiger partial charge in [0.05, 0.1) is 6.04 Å². The van der Waals surface area contributed by atoms with E-state index in [0.29, 0.717) is 24.5 Å². The molecule has 198 valence electrons. The zero-order valence-electron chi connectivity index (χ0n) is 22.2. The van der Waals surface area contributed by atoms with Gasteiger partial charge in [0, 0.05) is 49.3 Å². The van der Waals surface area contributed by atoms with Gasteiger partial charge in [0.15, 0.2) is 11.5 Å². The number of nitrogens with one attached hydrogen (secondary N) is 1. The molecule has 3 aliphatic heterocycles. The van der Waals surface area contributed by atoms with Crippen LogP contribution in [0.15, 0.2) is 66.7 Å². The van der Waals surface area contributed by atoms with Crippen LogP contribution < -0.4 is 14.4 Å². The van der Waals surface area contributed by atoms with Crippen LogP contribution in [-0.4, -0.2) is 59.6 Å². The van der Waals surface area contributed by atoms with E-state index in [9.17, 15) is 9.59 Å². The highest BCUT2D eigenvalue weighted by Gasteiger charge is 2.51. The Balaban J connectivity index is 1.31. The van der Waals surface area contributed by atoms with E-state index in [-0.39, 0.29) is 18.6 Å². The van der Waals surface area contributed by atoms with E-state index in [1.54, 1.807) is 9.80 Å². The Kier molecular flexibility index (Phi) is 5.33. The quantitative estimate of drug-likeness (QED) is 0.434. The highest BCUT2D eigenvalue weighted by molar-refractivity contribution is 5.99. The van der Waals surface area contributed by atoms with E-state index in [1.165, 1.54) is 0 Å². The summed E-state index contributed by atoms with van der Waals surface area (Å²) in [6.45, 7) is 2.40. The lowest BCUT2D eigenvalue weighted by Crippen LogP contribution is -2.66. The number of rotatable bonds is 4. The number of ether oxygens (including phenoxy) is 2. The molecule has 1 aromatic heterocycles. The lowest BCUT2D eigenvalue weighted by Gasteiger charge is -2.49. The van der Waals surface area contributed by atoms with Crippen LogP contribution in [0.4, 0.5) is 5.69 Å². The third-order valence-electron chi connectivity index (χ3n) is 8.30. The maximum atomic E-state index is 14.2. The number of para-hydroxylation sites is 1. The Hall–Kier alpha value is -4.46. The monoisotopic (exact) mass is 522 g/mol. The zero-order valence-corrected chi connectivity index (χ0v) is 22.2. The first-order chi connectivity index (χ1) is 18.9. The van der Waals surface area contributed by atoms with Crippen LogP contribution in [0.5, 0.6) is 11.5 Å². The number of hydrogen-bond acceptors (Lipinski definition) is 5. The molecule has 3 aromatic carbocycles. The van der Waals surface area contributed by atoms with Crippen LogP contribution in [0.1, 0.15) is 35.3 Å². The summed E-state index contributed by atoms with van der Waals surface area (Å²) >= 11 is 0. The van der Waals surface area contributed by atoms with Crippen molar-refractivity contribution in [1.29, 1.82) is 0 Å². The van der Waals surface area contributed by atoms with Crippen molar-refractivity contribution in [1.82, 2.24) is 14.8 Å². The maximum Gasteiger partial charge on any atom is 0.246 e. The fourth-order valence-corrected chi connectivity index (χ4v) is 6.22. The minimum Gasteiger partial charge on any atom is -0.454 e. The smallest absolute Gasteiger partial charge is 0.246 e. The van der Waals surface area contributed by atoms with Gasteiger partial charge in [-0.2, -0.15) is 0 Å². The molecule has 8 heteroatoms. The Labute approximate surface area is 226 Å². The summed E-state index contributed by atoms with van der Waals surface area (Å²) in [6.07, 6.45) is 0.466. The standard InChI is InChI=1S/C31H30N4O4/c1-18-30(36)35-25(31(37)34(18)16-19-8-11-21(12-9-19)33(2)3)15-23-22-6-4-5-7-24(22)32-28(23)29(35)20-10-13-26-27(14-20)39-17-38-26/h4-14,18,25,29,32H,15-17H2,1-3H3/t18?,25-,29-/m1/s1. The van der Waals surface area contributed by atoms with Crippen molar-refractivity contribution >= 4 is 28.4 Å². The normalized spacial score (nSPS) is 21.8. The second-order valence-corrected chi connectivity index (χ2v) is 10.7. The van der Waals surface area contributed by atoms with Crippen LogP contribution in [0, 0.1) is 0 Å². The zero-order chi connectivity index (χ0) is 26.8. The third-order valence-corrected chi connectivity index (χ3v) is 8.30. The molecule has 0 bridgehead atoms. The van der Waals surface area contributed by atoms with Gasteiger partial charge in [0.1, 0.15) is 12.1 Å². The first-order valence-electron chi connectivity index (χ1n) is 13.3. The highest BCUT2D eigenvalue weighted by atomic mass is 16.7. The van der Waals surface area contributed by atoms with E-state index in [2.05, 4.69) is 11.1 Å². The summed E-state index contributed by atoms with van der Waals surface area (Å²) in [5, 5.41) is 1.09. The van der Waals surface area contributed by atoms with E-state index in [4.69, 9.17) is 9.47 Å². The van der Waals surface area contributed by atoms with Gasteiger partial charge in [0.25, 0.3) is 0 Å². The number of carbonyl (C=O) groups excluding carboxylic acids is 2. The van der Waals surface area contributed by atoms with Crippen LogP contribution >= 0.6 is 0 Å². The number of aromatic nitrogens is 1. The molecule has 0 radical (unpaired) electrons. The Morgan fingerprint density at radius 3 is 2.51 bits per heavy atom. The lowest BCUT2D eigenvalue weighted by molar-refractivity contribution is -0.164. The molecule has 1 fully saturated rings. The number of piperazine rings is 1. The topological polar surface area (TPSA) is 78.1 Å². The van der Waals surface area contributed by atoms with Gasteiger partial charge >= 0.3 is 0 Å². The maximum absolute atomic E-state index is 14.2. The van der Waals surface area contributed by atoms with Crippen molar-refractivity contribution in [3.05, 3.63) is 89.1 Å². The predicted octanol–water partition coefficient (Wildman–Crippen LogP) is 4.24. The second kappa shape index (κ2) is 8.80. The van der Waals surface area contributed by atoms with E-state index < -0.39 is 18.1 Å². The van der Waals surface area contributed by atoms with Gasteiger partial charge < -0.3 is 29.2 Å². The van der Waals surface area contributed by atoms with Gasteiger partial charge in [0.2, 0.25) is 18.6 Å². The molecule has 8 nitrogen and oxygen atoms in total. The fourth-order valence-electron chi connectivity index (χ4n) is 6.22. The molecule has 4 aromatic rings. The van der Waals surface area contributed by atoms with Crippen LogP contribution in [0.25, 0.3) is 10.9 Å². The molecule has 3 aliphatic rings. The number of H-pyrrole nitrogens is 1. The highest BCUT2D eigenvalue weighted by Crippen LogP contribution is 2.45. The number of fused-ring (bicyclic) bond motifs is 5. The van der Waals surface area contributed by atoms with Crippen molar-refractivity contribution in [2.75, 3.05) is 25.8 Å². The Morgan fingerprint density at radius 2 is 1.72 bits per heavy atom. The number of nitrogens with zero attached hydrogens (tertiary/aromatic N) is 3. The molecular formula is C31H30N4O4. The molecule has 0 aliphatic carbocycles. The number of hydrogen-bond donors (Lipinski definition) is 1. The molecule has 7 rings (SSSR count). The summed E-state index contributed by atoms with van der Waals surface area (Å²) in [7, 11) is 3.99. The van der Waals surface area contributed by atoms with Crippen molar-refractivity contribution in [2.45, 2.75) is 38.0 Å². The average Bonchev–Trinajstić information content (AvgIpc) is 3.57. The lowest BCUT2D eigenvalue weighted by atomic mass is 9.85. The fraction of sp³-hybridized carbons (Fsp3) is 0.290. The molecule has 1 N–H and O–H groups in total. The van der Waals surface area contributed by atoms with Crippen molar-refractivity contribution in [3.8, 4) is 11.5 Å². The molecule has 0 saturated carbocycles. The summed E-state index contributed by atoms with van der Waals surface area (Å²) < 4.78 is 11.2. The van der Waals surface area contributed by atoms with Gasteiger partial charge in [-0.15, -0.1) is 0 Å². The van der Waals surface area contributed by atoms with Gasteiger partial charge in [-0.05, 0) is 53.9 Å². The number of amides is 2. The van der Waals surface area contributed by atoms with Gasteiger partial charge in [-0.3, -0.25) is 9.59 Å². The second-order valence-electron chi connectivity index (χ2n) is 10.7. The van der Waals surface area contributed by atoms with Crippen molar-refractivity contribution in [3.63, 3.8) is 0 Å². The molecule has 1 saturated heterocycles. The Bertz CT molecular complexity index is 1610. The molecule has 39 heavy (non-hydrogen) atoms. The van der Waals surface area contributed by atoms with Crippen LogP contribution in [0.2, 0.25) is 0 Å².